The Morgan fingerprint density at radius 1 is 1.21 bits per heavy atom. The van der Waals surface area contributed by atoms with Crippen LogP contribution in [0.2, 0.25) is 0 Å². The van der Waals surface area contributed by atoms with Gasteiger partial charge in [0.2, 0.25) is 0 Å². The van der Waals surface area contributed by atoms with E-state index in [0.717, 1.165) is 43.5 Å². The molecule has 2 rings (SSSR count). The molecule has 0 fully saturated rings. The van der Waals surface area contributed by atoms with Crippen LogP contribution in [0.1, 0.15) is 51.0 Å². The third-order valence-electron chi connectivity index (χ3n) is 4.91. The van der Waals surface area contributed by atoms with Crippen molar-refractivity contribution in [3.63, 3.8) is 0 Å². The fourth-order valence-electron chi connectivity index (χ4n) is 3.39. The number of ketones is 1. The predicted molar refractivity (Wildman–Crippen MR) is 114 cm³/mol. The van der Waals surface area contributed by atoms with Crippen LogP contribution in [0.3, 0.4) is 0 Å². The normalized spacial score (nSPS) is 15.4. The lowest BCUT2D eigenvalue weighted by Gasteiger charge is -2.28. The number of unbranched alkanes of at least 4 members (excludes halogenated alkanes) is 3. The van der Waals surface area contributed by atoms with Gasteiger partial charge in [0.15, 0.2) is 5.78 Å². The number of Topliss-reactive ketones (excluding diaryl/α,β-unsaturated/α-hetero) is 1. The van der Waals surface area contributed by atoms with Crippen LogP contribution < -0.4 is 0 Å². The van der Waals surface area contributed by atoms with Gasteiger partial charge >= 0.3 is 5.97 Å². The van der Waals surface area contributed by atoms with E-state index in [1.165, 1.54) is 0 Å². The van der Waals surface area contributed by atoms with E-state index >= 15 is 0 Å². The third-order valence-corrected chi connectivity index (χ3v) is 4.91. The van der Waals surface area contributed by atoms with E-state index in [1.807, 2.05) is 49.4 Å². The molecule has 0 saturated carbocycles. The number of carbonyl (C=O) groups is 2. The van der Waals surface area contributed by atoms with Gasteiger partial charge in [-0.1, -0.05) is 55.3 Å². The summed E-state index contributed by atoms with van der Waals surface area (Å²) in [6.45, 7) is 3.48. The predicted octanol–water partition coefficient (Wildman–Crippen LogP) is 3.82. The van der Waals surface area contributed by atoms with Crippen LogP contribution in [0.25, 0.3) is 0 Å². The van der Waals surface area contributed by atoms with E-state index < -0.39 is 6.10 Å². The van der Waals surface area contributed by atoms with E-state index in [4.69, 9.17) is 4.74 Å². The molecule has 1 heterocycles. The lowest BCUT2D eigenvalue weighted by Crippen LogP contribution is -2.32. The molecule has 5 heteroatoms. The van der Waals surface area contributed by atoms with Crippen LogP contribution in [0.5, 0.6) is 0 Å². The highest BCUT2D eigenvalue weighted by molar-refractivity contribution is 5.83. The van der Waals surface area contributed by atoms with Crippen molar-refractivity contribution < 1.29 is 19.4 Å². The summed E-state index contributed by atoms with van der Waals surface area (Å²) in [6, 6.07) is 9.91. The SMILES string of the molecule is CCOC(=O)CCCCCCN1CC(=O)CC=C1C=C[C@H](O)Cc1ccccc1. The Morgan fingerprint density at radius 3 is 2.72 bits per heavy atom. The van der Waals surface area contributed by atoms with Gasteiger partial charge in [-0.2, -0.15) is 0 Å². The number of nitrogens with zero attached hydrogens (tertiary/aromatic N) is 1. The number of allylic oxidation sites excluding steroid dienone is 2. The Kier molecular flexibility index (Phi) is 10.2. The minimum atomic E-state index is -0.555. The maximum Gasteiger partial charge on any atom is 0.305 e. The zero-order valence-electron chi connectivity index (χ0n) is 17.4. The van der Waals surface area contributed by atoms with E-state index in [2.05, 4.69) is 4.90 Å². The van der Waals surface area contributed by atoms with Crippen molar-refractivity contribution in [1.82, 2.24) is 4.90 Å². The van der Waals surface area contributed by atoms with Gasteiger partial charge in [-0.15, -0.1) is 0 Å². The van der Waals surface area contributed by atoms with Crippen LogP contribution in [-0.2, 0) is 20.7 Å². The molecule has 1 aliphatic rings. The van der Waals surface area contributed by atoms with Gasteiger partial charge in [0.05, 0.1) is 19.3 Å². The van der Waals surface area contributed by atoms with Gasteiger partial charge < -0.3 is 14.7 Å². The summed E-state index contributed by atoms with van der Waals surface area (Å²) in [7, 11) is 0. The second-order valence-corrected chi connectivity index (χ2v) is 7.38. The smallest absolute Gasteiger partial charge is 0.305 e. The van der Waals surface area contributed by atoms with E-state index in [-0.39, 0.29) is 11.8 Å². The molecule has 0 radical (unpaired) electrons. The van der Waals surface area contributed by atoms with Crippen molar-refractivity contribution in [2.24, 2.45) is 0 Å². The van der Waals surface area contributed by atoms with Crippen molar-refractivity contribution in [1.29, 1.82) is 0 Å². The molecule has 0 aromatic heterocycles. The van der Waals surface area contributed by atoms with Crippen molar-refractivity contribution in [2.75, 3.05) is 19.7 Å². The molecule has 1 atom stereocenters. The second-order valence-electron chi connectivity index (χ2n) is 7.38. The Labute approximate surface area is 174 Å². The first-order chi connectivity index (χ1) is 14.1. The molecular formula is C24H33NO4. The van der Waals surface area contributed by atoms with Crippen LogP contribution in [0.4, 0.5) is 0 Å². The fourth-order valence-corrected chi connectivity index (χ4v) is 3.39. The molecule has 5 nitrogen and oxygen atoms in total. The summed E-state index contributed by atoms with van der Waals surface area (Å²) in [5.41, 5.74) is 2.10. The number of benzene rings is 1. The second kappa shape index (κ2) is 12.9. The number of ether oxygens (including phenoxy) is 1. The number of rotatable bonds is 12. The summed E-state index contributed by atoms with van der Waals surface area (Å²) in [4.78, 5) is 25.3. The Morgan fingerprint density at radius 2 is 1.97 bits per heavy atom. The van der Waals surface area contributed by atoms with Crippen molar-refractivity contribution >= 4 is 11.8 Å². The molecular weight excluding hydrogens is 366 g/mol. The zero-order chi connectivity index (χ0) is 20.9. The monoisotopic (exact) mass is 399 g/mol. The largest absolute Gasteiger partial charge is 0.466 e. The van der Waals surface area contributed by atoms with Crippen LogP contribution in [-0.4, -0.2) is 47.6 Å². The Balaban J connectivity index is 1.76. The van der Waals surface area contributed by atoms with Crippen molar-refractivity contribution in [2.45, 2.75) is 58.0 Å². The standard InChI is InChI=1S/C24H33NO4/c1-2-29-24(28)12-8-3-4-9-17-25-19-23(27)16-14-21(25)13-15-22(26)18-20-10-6-5-7-11-20/h5-7,10-11,13-15,22,26H,2-4,8-9,12,16-19H2,1H3/t22-/m0/s1. The third kappa shape index (κ3) is 9.09. The highest BCUT2D eigenvalue weighted by Crippen LogP contribution is 2.17. The molecule has 0 amide bonds. The number of hydrogen-bond donors (Lipinski definition) is 1. The molecule has 0 saturated heterocycles. The summed E-state index contributed by atoms with van der Waals surface area (Å²) in [6.07, 6.45) is 10.4. The van der Waals surface area contributed by atoms with E-state index in [9.17, 15) is 14.7 Å². The Hall–Kier alpha value is -2.40. The maximum atomic E-state index is 11.9. The molecule has 1 aliphatic heterocycles. The highest BCUT2D eigenvalue weighted by atomic mass is 16.5. The summed E-state index contributed by atoms with van der Waals surface area (Å²) >= 11 is 0. The highest BCUT2D eigenvalue weighted by Gasteiger charge is 2.17. The first-order valence-corrected chi connectivity index (χ1v) is 10.6. The van der Waals surface area contributed by atoms with Gasteiger partial charge in [-0.05, 0) is 31.4 Å². The van der Waals surface area contributed by atoms with Gasteiger partial charge in [-0.3, -0.25) is 9.59 Å². The molecule has 29 heavy (non-hydrogen) atoms. The quantitative estimate of drug-likeness (QED) is 0.428. The number of esters is 1. The first kappa shape index (κ1) is 22.9. The minimum absolute atomic E-state index is 0.126. The molecule has 0 spiro atoms. The lowest BCUT2D eigenvalue weighted by molar-refractivity contribution is -0.143. The van der Waals surface area contributed by atoms with E-state index in [0.29, 0.717) is 32.4 Å². The van der Waals surface area contributed by atoms with Gasteiger partial charge in [0, 0.05) is 31.5 Å². The molecule has 0 bridgehead atoms. The number of aliphatic hydroxyl groups excluding tert-OH is 1. The summed E-state index contributed by atoms with van der Waals surface area (Å²) in [5, 5.41) is 10.3. The maximum absolute atomic E-state index is 11.9. The van der Waals surface area contributed by atoms with Crippen molar-refractivity contribution in [3.05, 3.63) is 59.8 Å². The van der Waals surface area contributed by atoms with Crippen LogP contribution in [0.15, 0.2) is 54.3 Å². The molecule has 1 aromatic carbocycles. The van der Waals surface area contributed by atoms with Crippen LogP contribution in [0, 0.1) is 0 Å². The zero-order valence-corrected chi connectivity index (χ0v) is 17.4. The van der Waals surface area contributed by atoms with Gasteiger partial charge in [0.1, 0.15) is 0 Å². The summed E-state index contributed by atoms with van der Waals surface area (Å²) < 4.78 is 4.93. The first-order valence-electron chi connectivity index (χ1n) is 10.6. The molecule has 0 unspecified atom stereocenters. The van der Waals surface area contributed by atoms with Gasteiger partial charge in [0.25, 0.3) is 0 Å². The molecule has 0 aliphatic carbocycles. The summed E-state index contributed by atoms with van der Waals surface area (Å²) in [5.74, 6) is 0.0906. The lowest BCUT2D eigenvalue weighted by atomic mass is 10.1. The fraction of sp³-hybridized carbons (Fsp3) is 0.500. The molecule has 158 valence electrons. The number of hydrogen-bond acceptors (Lipinski definition) is 5. The molecule has 1 N–H and O–H groups in total. The Bertz CT molecular complexity index is 696. The number of aliphatic hydroxyl groups is 1. The van der Waals surface area contributed by atoms with Crippen LogP contribution >= 0.6 is 0 Å². The van der Waals surface area contributed by atoms with Crippen molar-refractivity contribution in [3.8, 4) is 0 Å². The minimum Gasteiger partial charge on any atom is -0.466 e. The molecule has 1 aromatic rings. The average molecular weight is 400 g/mol. The number of carbonyl (C=O) groups excluding carboxylic acids is 2. The van der Waals surface area contributed by atoms with Gasteiger partial charge in [-0.25, -0.2) is 0 Å². The van der Waals surface area contributed by atoms with E-state index in [1.54, 1.807) is 6.08 Å². The topological polar surface area (TPSA) is 66.8 Å². The average Bonchev–Trinajstić information content (AvgIpc) is 2.71.